The first kappa shape index (κ1) is 18.6. The standard InChI is InChI=1S/C23H22N2O2S2/c1-27-18-8-6-17(7-9-18)24-10-12-25(13-11-24)23(26)21-14-16-15-28-20-5-3-2-4-19(20)22(16)29-21/h2-9,14H,10-13,15H2,1H3. The minimum absolute atomic E-state index is 0.168. The van der Waals surface area contributed by atoms with Crippen LogP contribution in [0.5, 0.6) is 5.75 Å². The monoisotopic (exact) mass is 422 g/mol. The average molecular weight is 423 g/mol. The van der Waals surface area contributed by atoms with E-state index >= 15 is 0 Å². The molecule has 0 radical (unpaired) electrons. The molecule has 0 N–H and O–H groups in total. The third kappa shape index (κ3) is 3.51. The van der Waals surface area contributed by atoms with E-state index in [1.54, 1.807) is 18.4 Å². The summed E-state index contributed by atoms with van der Waals surface area (Å²) >= 11 is 3.51. The van der Waals surface area contributed by atoms with Gasteiger partial charge in [-0.15, -0.1) is 23.1 Å². The molecular weight excluding hydrogens is 400 g/mol. The molecule has 6 heteroatoms. The number of fused-ring (bicyclic) bond motifs is 3. The first-order chi connectivity index (χ1) is 14.2. The van der Waals surface area contributed by atoms with E-state index in [4.69, 9.17) is 4.74 Å². The van der Waals surface area contributed by atoms with Gasteiger partial charge >= 0.3 is 0 Å². The summed E-state index contributed by atoms with van der Waals surface area (Å²) in [4.78, 5) is 20.9. The predicted molar refractivity (Wildman–Crippen MR) is 120 cm³/mol. The normalized spacial score (nSPS) is 15.6. The molecule has 2 aliphatic rings. The van der Waals surface area contributed by atoms with E-state index in [0.717, 1.165) is 42.6 Å². The molecule has 148 valence electrons. The summed E-state index contributed by atoms with van der Waals surface area (Å²) < 4.78 is 5.24. The maximum atomic E-state index is 13.2. The van der Waals surface area contributed by atoms with Crippen molar-refractivity contribution in [3.8, 4) is 16.2 Å². The predicted octanol–water partition coefficient (Wildman–Crippen LogP) is 4.99. The van der Waals surface area contributed by atoms with E-state index in [-0.39, 0.29) is 5.91 Å². The molecule has 0 unspecified atom stereocenters. The molecule has 0 bridgehead atoms. The number of piperazine rings is 1. The summed E-state index contributed by atoms with van der Waals surface area (Å²) in [5, 5.41) is 0. The fourth-order valence-electron chi connectivity index (χ4n) is 3.92. The number of thioether (sulfide) groups is 1. The Morgan fingerprint density at radius 2 is 1.76 bits per heavy atom. The lowest BCUT2D eigenvalue weighted by atomic mass is 10.1. The SMILES string of the molecule is COc1ccc(N2CCN(C(=O)c3cc4c(s3)-c3ccccc3SC4)CC2)cc1. The van der Waals surface area contributed by atoms with Crippen molar-refractivity contribution in [1.29, 1.82) is 0 Å². The number of ether oxygens (including phenoxy) is 1. The number of nitrogens with zero attached hydrogens (tertiary/aromatic N) is 2. The smallest absolute Gasteiger partial charge is 0.264 e. The summed E-state index contributed by atoms with van der Waals surface area (Å²) in [7, 11) is 1.68. The quantitative estimate of drug-likeness (QED) is 0.595. The van der Waals surface area contributed by atoms with Gasteiger partial charge in [0.1, 0.15) is 5.75 Å². The molecule has 4 nitrogen and oxygen atoms in total. The van der Waals surface area contributed by atoms with Gasteiger partial charge in [-0.1, -0.05) is 18.2 Å². The summed E-state index contributed by atoms with van der Waals surface area (Å²) in [6.07, 6.45) is 0. The Morgan fingerprint density at radius 1 is 1.00 bits per heavy atom. The van der Waals surface area contributed by atoms with Gasteiger partial charge in [-0.05, 0) is 42.0 Å². The van der Waals surface area contributed by atoms with Gasteiger partial charge in [-0.25, -0.2) is 0 Å². The maximum Gasteiger partial charge on any atom is 0.264 e. The van der Waals surface area contributed by atoms with Crippen molar-refractivity contribution in [3.05, 3.63) is 65.0 Å². The number of thiophene rings is 1. The zero-order valence-corrected chi connectivity index (χ0v) is 17.9. The van der Waals surface area contributed by atoms with Gasteiger partial charge in [0.2, 0.25) is 0 Å². The number of amides is 1. The van der Waals surface area contributed by atoms with E-state index in [1.807, 2.05) is 28.8 Å². The van der Waals surface area contributed by atoms with Gasteiger partial charge in [0, 0.05) is 53.0 Å². The van der Waals surface area contributed by atoms with E-state index in [1.165, 1.54) is 26.6 Å². The molecule has 0 saturated carbocycles. The van der Waals surface area contributed by atoms with E-state index in [2.05, 4.69) is 47.4 Å². The van der Waals surface area contributed by atoms with Gasteiger partial charge in [-0.3, -0.25) is 4.79 Å². The van der Waals surface area contributed by atoms with Crippen molar-refractivity contribution in [3.63, 3.8) is 0 Å². The van der Waals surface area contributed by atoms with E-state index in [9.17, 15) is 4.79 Å². The summed E-state index contributed by atoms with van der Waals surface area (Å²) in [5.41, 5.74) is 3.74. The molecule has 0 aliphatic carbocycles. The molecule has 1 saturated heterocycles. The van der Waals surface area contributed by atoms with Crippen molar-refractivity contribution in [2.45, 2.75) is 10.6 Å². The molecule has 0 atom stereocenters. The molecule has 3 heterocycles. The maximum absolute atomic E-state index is 13.2. The molecule has 5 rings (SSSR count). The number of anilines is 1. The van der Waals surface area contributed by atoms with Crippen LogP contribution >= 0.6 is 23.1 Å². The van der Waals surface area contributed by atoms with Crippen LogP contribution in [0.15, 0.2) is 59.5 Å². The number of benzene rings is 2. The van der Waals surface area contributed by atoms with Gasteiger partial charge in [-0.2, -0.15) is 0 Å². The molecular formula is C23H22N2O2S2. The number of hydrogen-bond donors (Lipinski definition) is 0. The van der Waals surface area contributed by atoms with E-state index in [0.29, 0.717) is 0 Å². The van der Waals surface area contributed by atoms with Crippen LogP contribution in [0.2, 0.25) is 0 Å². The summed E-state index contributed by atoms with van der Waals surface area (Å²) in [6, 6.07) is 18.7. The molecule has 2 aromatic carbocycles. The summed E-state index contributed by atoms with van der Waals surface area (Å²) in [6.45, 7) is 3.20. The first-order valence-electron chi connectivity index (χ1n) is 9.76. The minimum atomic E-state index is 0.168. The largest absolute Gasteiger partial charge is 0.497 e. The Labute approximate surface area is 179 Å². The number of carbonyl (C=O) groups is 1. The highest BCUT2D eigenvalue weighted by Crippen LogP contribution is 2.45. The van der Waals surface area contributed by atoms with Crippen LogP contribution in [-0.4, -0.2) is 44.1 Å². The van der Waals surface area contributed by atoms with Crippen LogP contribution in [0.25, 0.3) is 10.4 Å². The van der Waals surface area contributed by atoms with Crippen LogP contribution in [0.3, 0.4) is 0 Å². The van der Waals surface area contributed by atoms with Crippen LogP contribution in [0.1, 0.15) is 15.2 Å². The van der Waals surface area contributed by atoms with Crippen LogP contribution in [0.4, 0.5) is 5.69 Å². The third-order valence-corrected chi connectivity index (χ3v) is 7.86. The van der Waals surface area contributed by atoms with Gasteiger partial charge in [0.25, 0.3) is 5.91 Å². The van der Waals surface area contributed by atoms with Crippen LogP contribution < -0.4 is 9.64 Å². The van der Waals surface area contributed by atoms with Crippen molar-refractivity contribution in [2.75, 3.05) is 38.2 Å². The average Bonchev–Trinajstić information content (AvgIpc) is 3.24. The van der Waals surface area contributed by atoms with Crippen LogP contribution in [-0.2, 0) is 5.75 Å². The van der Waals surface area contributed by atoms with Crippen molar-refractivity contribution in [1.82, 2.24) is 4.90 Å². The zero-order chi connectivity index (χ0) is 19.8. The second-order valence-corrected chi connectivity index (χ2v) is 9.30. The van der Waals surface area contributed by atoms with Crippen molar-refractivity contribution >= 4 is 34.7 Å². The highest BCUT2D eigenvalue weighted by Gasteiger charge is 2.26. The Balaban J connectivity index is 1.29. The molecule has 3 aromatic rings. The lowest BCUT2D eigenvalue weighted by molar-refractivity contribution is 0.0751. The minimum Gasteiger partial charge on any atom is -0.497 e. The molecule has 1 fully saturated rings. The molecule has 29 heavy (non-hydrogen) atoms. The van der Waals surface area contributed by atoms with Crippen LogP contribution in [0, 0.1) is 0 Å². The Kier molecular flexibility index (Phi) is 4.97. The fraction of sp³-hybridized carbons (Fsp3) is 0.261. The highest BCUT2D eigenvalue weighted by molar-refractivity contribution is 7.98. The highest BCUT2D eigenvalue weighted by atomic mass is 32.2. The Bertz CT molecular complexity index is 1040. The number of hydrogen-bond acceptors (Lipinski definition) is 5. The van der Waals surface area contributed by atoms with Gasteiger partial charge in [0.05, 0.1) is 12.0 Å². The lowest BCUT2D eigenvalue weighted by Crippen LogP contribution is -2.48. The number of methoxy groups -OCH3 is 1. The third-order valence-electron chi connectivity index (χ3n) is 5.54. The van der Waals surface area contributed by atoms with Crippen molar-refractivity contribution < 1.29 is 9.53 Å². The van der Waals surface area contributed by atoms with E-state index < -0.39 is 0 Å². The lowest BCUT2D eigenvalue weighted by Gasteiger charge is -2.36. The van der Waals surface area contributed by atoms with Crippen molar-refractivity contribution in [2.24, 2.45) is 0 Å². The Hall–Kier alpha value is -2.44. The van der Waals surface area contributed by atoms with Gasteiger partial charge in [0.15, 0.2) is 0 Å². The molecule has 0 spiro atoms. The Morgan fingerprint density at radius 3 is 2.52 bits per heavy atom. The number of rotatable bonds is 3. The zero-order valence-electron chi connectivity index (χ0n) is 16.3. The van der Waals surface area contributed by atoms with Gasteiger partial charge < -0.3 is 14.5 Å². The molecule has 1 amide bonds. The topological polar surface area (TPSA) is 32.8 Å². The second-order valence-electron chi connectivity index (χ2n) is 7.23. The summed E-state index contributed by atoms with van der Waals surface area (Å²) in [5.74, 6) is 1.98. The molecule has 1 aromatic heterocycles. The fourth-order valence-corrected chi connectivity index (χ4v) is 6.30. The first-order valence-corrected chi connectivity index (χ1v) is 11.6. The molecule has 2 aliphatic heterocycles. The number of carbonyl (C=O) groups excluding carboxylic acids is 1. The second kappa shape index (κ2) is 7.76.